The van der Waals surface area contributed by atoms with Crippen molar-refractivity contribution >= 4 is 16.4 Å². The van der Waals surface area contributed by atoms with E-state index in [9.17, 15) is 4.79 Å². The minimum atomic E-state index is -4.67. The van der Waals surface area contributed by atoms with E-state index in [-0.39, 0.29) is 19.2 Å². The Morgan fingerprint density at radius 2 is 1.30 bits per heavy atom. The van der Waals surface area contributed by atoms with E-state index in [0.717, 1.165) is 25.7 Å². The minimum absolute atomic E-state index is 0.111. The molecule has 0 spiro atoms. The van der Waals surface area contributed by atoms with Gasteiger partial charge in [0, 0.05) is 6.42 Å². The van der Waals surface area contributed by atoms with Crippen LogP contribution in [0, 0.1) is 0 Å². The first-order chi connectivity index (χ1) is 14.2. The Balaban J connectivity index is 0. The zero-order valence-electron chi connectivity index (χ0n) is 18.4. The van der Waals surface area contributed by atoms with Gasteiger partial charge in [-0.2, -0.15) is 8.42 Å². The number of aliphatic hydroxyl groups excluding tert-OH is 2. The summed E-state index contributed by atoms with van der Waals surface area (Å²) in [6.45, 7) is 1.77. The van der Waals surface area contributed by atoms with E-state index in [2.05, 4.69) is 19.1 Å². The van der Waals surface area contributed by atoms with Crippen LogP contribution in [0.5, 0.6) is 0 Å². The standard InChI is InChI=1S/C21H40O4.H2O4S/c1-2-3-4-5-6-7-8-9-10-11-12-13-14-15-16-17-21(24)25-19-20(23)18-22;1-5(2,3)4/h9-10,20,22-23H,2-8,11-19H2,1H3;(H2,1,2,3,4). The van der Waals surface area contributed by atoms with Gasteiger partial charge in [0.1, 0.15) is 12.7 Å². The molecule has 0 heterocycles. The summed E-state index contributed by atoms with van der Waals surface area (Å²) < 4.78 is 36.4. The van der Waals surface area contributed by atoms with Crippen molar-refractivity contribution in [3.05, 3.63) is 12.2 Å². The molecule has 4 N–H and O–H groups in total. The maximum atomic E-state index is 11.4. The van der Waals surface area contributed by atoms with Crippen LogP contribution < -0.4 is 0 Å². The summed E-state index contributed by atoms with van der Waals surface area (Å²) in [6.07, 6.45) is 20.1. The second kappa shape index (κ2) is 22.7. The van der Waals surface area contributed by atoms with E-state index in [0.29, 0.717) is 6.42 Å². The summed E-state index contributed by atoms with van der Waals surface area (Å²) in [5, 5.41) is 17.7. The molecular weight excluding hydrogens is 412 g/mol. The normalized spacial score (nSPS) is 12.4. The Labute approximate surface area is 182 Å². The Hall–Kier alpha value is -1.00. The number of hydrogen-bond acceptors (Lipinski definition) is 6. The highest BCUT2D eigenvalue weighted by Crippen LogP contribution is 2.10. The van der Waals surface area contributed by atoms with Crippen LogP contribution in [0.1, 0.15) is 96.8 Å². The monoisotopic (exact) mass is 454 g/mol. The van der Waals surface area contributed by atoms with Crippen molar-refractivity contribution in [2.45, 2.75) is 103 Å². The van der Waals surface area contributed by atoms with E-state index in [4.69, 9.17) is 32.5 Å². The maximum absolute atomic E-state index is 11.4. The van der Waals surface area contributed by atoms with Crippen molar-refractivity contribution in [3.8, 4) is 0 Å². The van der Waals surface area contributed by atoms with E-state index < -0.39 is 16.5 Å². The van der Waals surface area contributed by atoms with Crippen molar-refractivity contribution in [1.29, 1.82) is 0 Å². The van der Waals surface area contributed by atoms with Crippen molar-refractivity contribution in [2.75, 3.05) is 13.2 Å². The first kappa shape index (κ1) is 31.2. The summed E-state index contributed by atoms with van der Waals surface area (Å²) in [7, 11) is -4.67. The predicted octanol–water partition coefficient (Wildman–Crippen LogP) is 4.27. The molecule has 8 nitrogen and oxygen atoms in total. The number of carbonyl (C=O) groups is 1. The van der Waals surface area contributed by atoms with Gasteiger partial charge in [0.15, 0.2) is 0 Å². The van der Waals surface area contributed by atoms with Gasteiger partial charge < -0.3 is 14.9 Å². The first-order valence-corrected chi connectivity index (χ1v) is 12.4. The fourth-order valence-corrected chi connectivity index (χ4v) is 2.65. The highest BCUT2D eigenvalue weighted by Gasteiger charge is 2.07. The van der Waals surface area contributed by atoms with Gasteiger partial charge in [0.05, 0.1) is 6.61 Å². The molecule has 180 valence electrons. The van der Waals surface area contributed by atoms with Crippen LogP contribution in [0.4, 0.5) is 0 Å². The van der Waals surface area contributed by atoms with Gasteiger partial charge in [-0.05, 0) is 32.1 Å². The quantitative estimate of drug-likeness (QED) is 0.104. The largest absolute Gasteiger partial charge is 0.463 e. The lowest BCUT2D eigenvalue weighted by molar-refractivity contribution is -0.147. The van der Waals surface area contributed by atoms with Crippen LogP contribution in [-0.4, -0.2) is 53.0 Å². The molecule has 1 atom stereocenters. The molecule has 1 unspecified atom stereocenters. The van der Waals surface area contributed by atoms with Crippen LogP contribution in [-0.2, 0) is 19.9 Å². The van der Waals surface area contributed by atoms with E-state index in [1.165, 1.54) is 57.8 Å². The lowest BCUT2D eigenvalue weighted by atomic mass is 10.1. The fourth-order valence-electron chi connectivity index (χ4n) is 2.65. The van der Waals surface area contributed by atoms with Gasteiger partial charge in [0.2, 0.25) is 0 Å². The highest BCUT2D eigenvalue weighted by molar-refractivity contribution is 7.79. The van der Waals surface area contributed by atoms with Crippen LogP contribution >= 0.6 is 0 Å². The number of ether oxygens (including phenoxy) is 1. The minimum Gasteiger partial charge on any atom is -0.463 e. The van der Waals surface area contributed by atoms with E-state index in [1.54, 1.807) is 0 Å². The van der Waals surface area contributed by atoms with Gasteiger partial charge >= 0.3 is 16.4 Å². The number of esters is 1. The summed E-state index contributed by atoms with van der Waals surface area (Å²) >= 11 is 0. The number of unbranched alkanes of at least 4 members (excludes halogenated alkanes) is 11. The zero-order chi connectivity index (χ0) is 23.1. The molecule has 0 aromatic heterocycles. The molecule has 0 radical (unpaired) electrons. The van der Waals surface area contributed by atoms with Crippen molar-refractivity contribution in [3.63, 3.8) is 0 Å². The molecule has 0 saturated carbocycles. The Morgan fingerprint density at radius 1 is 0.867 bits per heavy atom. The SMILES string of the molecule is CCCCCCCCC=CCCCCCCCC(=O)OCC(O)CO.O=S(=O)(O)O. The highest BCUT2D eigenvalue weighted by atomic mass is 32.3. The van der Waals surface area contributed by atoms with E-state index in [1.807, 2.05) is 0 Å². The third-order valence-electron chi connectivity index (χ3n) is 4.29. The van der Waals surface area contributed by atoms with Crippen LogP contribution in [0.2, 0.25) is 0 Å². The lowest BCUT2D eigenvalue weighted by Crippen LogP contribution is -2.21. The van der Waals surface area contributed by atoms with Gasteiger partial charge in [0.25, 0.3) is 0 Å². The van der Waals surface area contributed by atoms with Gasteiger partial charge in [-0.1, -0.05) is 70.4 Å². The zero-order valence-corrected chi connectivity index (χ0v) is 19.2. The Bertz CT molecular complexity index is 497. The van der Waals surface area contributed by atoms with Crippen molar-refractivity contribution in [1.82, 2.24) is 0 Å². The van der Waals surface area contributed by atoms with Crippen LogP contribution in [0.15, 0.2) is 12.2 Å². The third kappa shape index (κ3) is 34.5. The molecule has 30 heavy (non-hydrogen) atoms. The number of carbonyl (C=O) groups excluding carboxylic acids is 1. The lowest BCUT2D eigenvalue weighted by Gasteiger charge is -2.08. The van der Waals surface area contributed by atoms with E-state index >= 15 is 0 Å². The molecule has 0 aliphatic rings. The summed E-state index contributed by atoms with van der Waals surface area (Å²) in [6, 6.07) is 0. The Kier molecular flexibility index (Phi) is 23.6. The second-order valence-corrected chi connectivity index (χ2v) is 8.20. The Morgan fingerprint density at radius 3 is 1.77 bits per heavy atom. The number of allylic oxidation sites excluding steroid dienone is 2. The molecule has 0 saturated heterocycles. The summed E-state index contributed by atoms with van der Waals surface area (Å²) in [4.78, 5) is 11.4. The molecule has 0 aliphatic carbocycles. The molecule has 0 aromatic rings. The predicted molar refractivity (Wildman–Crippen MR) is 118 cm³/mol. The molecule has 0 fully saturated rings. The summed E-state index contributed by atoms with van der Waals surface area (Å²) in [5.41, 5.74) is 0. The number of rotatable bonds is 18. The van der Waals surface area contributed by atoms with Crippen molar-refractivity contribution < 1.29 is 37.3 Å². The third-order valence-corrected chi connectivity index (χ3v) is 4.29. The molecule has 0 aromatic carbocycles. The average Bonchev–Trinajstić information content (AvgIpc) is 2.67. The van der Waals surface area contributed by atoms with Crippen LogP contribution in [0.3, 0.4) is 0 Å². The average molecular weight is 455 g/mol. The molecule has 0 amide bonds. The second-order valence-electron chi connectivity index (χ2n) is 7.30. The van der Waals surface area contributed by atoms with Gasteiger partial charge in [-0.25, -0.2) is 0 Å². The fraction of sp³-hybridized carbons (Fsp3) is 0.857. The topological polar surface area (TPSA) is 141 Å². The molecule has 0 bridgehead atoms. The summed E-state index contributed by atoms with van der Waals surface area (Å²) in [5.74, 6) is -0.287. The number of hydrogen-bond donors (Lipinski definition) is 4. The maximum Gasteiger partial charge on any atom is 0.394 e. The molecule has 9 heteroatoms. The van der Waals surface area contributed by atoms with Crippen LogP contribution in [0.25, 0.3) is 0 Å². The smallest absolute Gasteiger partial charge is 0.394 e. The first-order valence-electron chi connectivity index (χ1n) is 11.0. The molecule has 0 rings (SSSR count). The molecular formula is C21H42O8S. The van der Waals surface area contributed by atoms with Gasteiger partial charge in [-0.3, -0.25) is 13.9 Å². The van der Waals surface area contributed by atoms with Gasteiger partial charge in [-0.15, -0.1) is 0 Å². The number of aliphatic hydroxyl groups is 2. The van der Waals surface area contributed by atoms with Crippen molar-refractivity contribution in [2.24, 2.45) is 0 Å². The molecule has 0 aliphatic heterocycles.